The number of fused-ring (bicyclic) bond motifs is 1. The van der Waals surface area contributed by atoms with Crippen molar-refractivity contribution in [1.82, 2.24) is 25.1 Å². The Morgan fingerprint density at radius 2 is 2.08 bits per heavy atom. The van der Waals surface area contributed by atoms with Crippen LogP contribution in [0.25, 0.3) is 20.7 Å². The summed E-state index contributed by atoms with van der Waals surface area (Å²) in [6.45, 7) is 7.16. The lowest BCUT2D eigenvalue weighted by Crippen LogP contribution is -2.33. The van der Waals surface area contributed by atoms with Gasteiger partial charge in [-0.1, -0.05) is 0 Å². The molecule has 6 nitrogen and oxygen atoms in total. The van der Waals surface area contributed by atoms with E-state index >= 15 is 0 Å². The molecule has 24 heavy (non-hydrogen) atoms. The second-order valence-electron chi connectivity index (χ2n) is 6.69. The summed E-state index contributed by atoms with van der Waals surface area (Å²) < 4.78 is 0.678. The molecular weight excluding hydrogens is 322 g/mol. The van der Waals surface area contributed by atoms with Crippen LogP contribution in [0, 0.1) is 6.92 Å². The Labute approximate surface area is 143 Å². The van der Waals surface area contributed by atoms with Gasteiger partial charge in [0, 0.05) is 28.2 Å². The topological polar surface area (TPSA) is 77.7 Å². The summed E-state index contributed by atoms with van der Waals surface area (Å²) in [5.41, 5.74) is 2.75. The van der Waals surface area contributed by atoms with Gasteiger partial charge >= 0.3 is 0 Å². The second kappa shape index (κ2) is 5.82. The number of nitrogens with zero attached hydrogens (tertiary/aromatic N) is 3. The molecule has 0 aromatic carbocycles. The average molecular weight is 343 g/mol. The zero-order chi connectivity index (χ0) is 16.8. The smallest absolute Gasteiger partial charge is 0.268 e. The summed E-state index contributed by atoms with van der Waals surface area (Å²) in [7, 11) is 0. The minimum Gasteiger partial charge on any atom is -0.308 e. The summed E-state index contributed by atoms with van der Waals surface area (Å²) in [6.07, 6.45) is 4.20. The maximum Gasteiger partial charge on any atom is 0.268 e. The van der Waals surface area contributed by atoms with Crippen molar-refractivity contribution in [3.63, 3.8) is 0 Å². The van der Waals surface area contributed by atoms with E-state index in [0.29, 0.717) is 23.3 Å². The average Bonchev–Trinajstić information content (AvgIpc) is 3.22. The molecule has 126 valence electrons. The third-order valence-corrected chi connectivity index (χ3v) is 6.15. The van der Waals surface area contributed by atoms with Crippen molar-refractivity contribution < 1.29 is 0 Å². The molecule has 2 N–H and O–H groups in total. The molecule has 3 aromatic rings. The van der Waals surface area contributed by atoms with Crippen LogP contribution in [-0.4, -0.2) is 37.1 Å². The van der Waals surface area contributed by atoms with Gasteiger partial charge in [-0.2, -0.15) is 5.10 Å². The highest BCUT2D eigenvalue weighted by Crippen LogP contribution is 2.32. The van der Waals surface area contributed by atoms with Gasteiger partial charge in [0.1, 0.15) is 10.5 Å². The van der Waals surface area contributed by atoms with Gasteiger partial charge in [-0.25, -0.2) is 4.98 Å². The van der Waals surface area contributed by atoms with Gasteiger partial charge < -0.3 is 4.98 Å². The van der Waals surface area contributed by atoms with Crippen molar-refractivity contribution in [2.45, 2.75) is 52.2 Å². The van der Waals surface area contributed by atoms with Gasteiger partial charge in [-0.15, -0.1) is 11.3 Å². The lowest BCUT2D eigenvalue weighted by Gasteiger charge is -2.25. The van der Waals surface area contributed by atoms with Gasteiger partial charge in [-0.05, 0) is 39.7 Å². The normalized spacial score (nSPS) is 21.8. The number of nitrogens with one attached hydrogen (secondary N) is 2. The van der Waals surface area contributed by atoms with Crippen LogP contribution in [-0.2, 0) is 6.54 Å². The summed E-state index contributed by atoms with van der Waals surface area (Å²) >= 11 is 1.47. The molecule has 1 saturated heterocycles. The van der Waals surface area contributed by atoms with Crippen molar-refractivity contribution >= 4 is 21.6 Å². The highest BCUT2D eigenvalue weighted by Gasteiger charge is 2.27. The molecule has 0 spiro atoms. The number of aromatic nitrogens is 4. The maximum atomic E-state index is 12.5. The van der Waals surface area contributed by atoms with Gasteiger partial charge in [0.05, 0.1) is 18.3 Å². The zero-order valence-corrected chi connectivity index (χ0v) is 14.9. The van der Waals surface area contributed by atoms with E-state index in [9.17, 15) is 4.79 Å². The molecule has 0 radical (unpaired) electrons. The first-order valence-corrected chi connectivity index (χ1v) is 9.13. The first-order chi connectivity index (χ1) is 11.5. The summed E-state index contributed by atoms with van der Waals surface area (Å²) in [5, 5.41) is 7.00. The maximum absolute atomic E-state index is 12.5. The van der Waals surface area contributed by atoms with E-state index in [-0.39, 0.29) is 5.56 Å². The van der Waals surface area contributed by atoms with Gasteiger partial charge in [-0.3, -0.25) is 14.8 Å². The molecule has 7 heteroatoms. The quantitative estimate of drug-likeness (QED) is 0.766. The fourth-order valence-corrected chi connectivity index (χ4v) is 4.59. The molecule has 0 amide bonds. The molecule has 1 fully saturated rings. The van der Waals surface area contributed by atoms with Crippen molar-refractivity contribution in [3.05, 3.63) is 34.1 Å². The fourth-order valence-electron chi connectivity index (χ4n) is 3.53. The van der Waals surface area contributed by atoms with Crippen molar-refractivity contribution in [2.24, 2.45) is 0 Å². The monoisotopic (exact) mass is 343 g/mol. The number of aromatic amines is 2. The number of likely N-dealkylation sites (tertiary alicyclic amines) is 1. The van der Waals surface area contributed by atoms with E-state index in [2.05, 4.69) is 33.9 Å². The van der Waals surface area contributed by atoms with Crippen LogP contribution in [0.1, 0.15) is 38.2 Å². The Hall–Kier alpha value is -1.99. The number of hydrogen-bond acceptors (Lipinski definition) is 5. The zero-order valence-electron chi connectivity index (χ0n) is 14.1. The number of hydrogen-bond donors (Lipinski definition) is 2. The van der Waals surface area contributed by atoms with Crippen LogP contribution in [0.15, 0.2) is 17.1 Å². The summed E-state index contributed by atoms with van der Waals surface area (Å²) in [6, 6.07) is 3.06. The third kappa shape index (κ3) is 2.57. The molecule has 1 aliphatic rings. The fraction of sp³-hybridized carbons (Fsp3) is 0.471. The largest absolute Gasteiger partial charge is 0.308 e. The second-order valence-corrected chi connectivity index (χ2v) is 7.75. The van der Waals surface area contributed by atoms with E-state index in [4.69, 9.17) is 4.98 Å². The molecule has 0 aliphatic carbocycles. The van der Waals surface area contributed by atoms with Crippen LogP contribution < -0.4 is 5.56 Å². The van der Waals surface area contributed by atoms with Crippen LogP contribution in [0.2, 0.25) is 0 Å². The minimum absolute atomic E-state index is 0.0492. The van der Waals surface area contributed by atoms with Crippen LogP contribution in [0.3, 0.4) is 0 Å². The van der Waals surface area contributed by atoms with E-state index < -0.39 is 0 Å². The summed E-state index contributed by atoms with van der Waals surface area (Å²) in [5.74, 6) is 0.751. The molecule has 0 saturated carbocycles. The highest BCUT2D eigenvalue weighted by atomic mass is 32.1. The van der Waals surface area contributed by atoms with Crippen molar-refractivity contribution in [2.75, 3.05) is 0 Å². The molecule has 3 aromatic heterocycles. The Kier molecular flexibility index (Phi) is 3.77. The predicted molar refractivity (Wildman–Crippen MR) is 96.3 cm³/mol. The van der Waals surface area contributed by atoms with Gasteiger partial charge in [0.15, 0.2) is 0 Å². The molecule has 0 bridgehead atoms. The molecular formula is C17H21N5OS. The first kappa shape index (κ1) is 15.5. The number of aryl methyl sites for hydroxylation is 1. The Morgan fingerprint density at radius 3 is 2.75 bits per heavy atom. The van der Waals surface area contributed by atoms with Crippen LogP contribution >= 0.6 is 11.3 Å². The van der Waals surface area contributed by atoms with Crippen molar-refractivity contribution in [1.29, 1.82) is 0 Å². The van der Waals surface area contributed by atoms with E-state index in [0.717, 1.165) is 27.5 Å². The molecule has 1 aliphatic heterocycles. The number of rotatable bonds is 3. The SMILES string of the molecule is Cc1[nH]ncc1-c1cc2nc(CN3C(C)CCC3C)[nH]c(=O)c2s1. The molecule has 2 atom stereocenters. The van der Waals surface area contributed by atoms with Gasteiger partial charge in [0.25, 0.3) is 5.56 Å². The van der Waals surface area contributed by atoms with E-state index in [1.807, 2.05) is 13.0 Å². The van der Waals surface area contributed by atoms with Gasteiger partial charge in [0.2, 0.25) is 0 Å². The van der Waals surface area contributed by atoms with Crippen molar-refractivity contribution in [3.8, 4) is 10.4 Å². The Balaban J connectivity index is 1.72. The Morgan fingerprint density at radius 1 is 1.33 bits per heavy atom. The lowest BCUT2D eigenvalue weighted by molar-refractivity contribution is 0.200. The molecule has 4 rings (SSSR count). The van der Waals surface area contributed by atoms with Crippen LogP contribution in [0.5, 0.6) is 0 Å². The standard InChI is InChI=1S/C17H21N5OS/c1-9-4-5-10(2)22(9)8-15-19-13-6-14(12-7-18-21-11(12)3)24-16(13)17(23)20-15/h6-7,9-10H,4-5,8H2,1-3H3,(H,18,21)(H,19,20,23). The van der Waals surface area contributed by atoms with E-state index in [1.54, 1.807) is 6.20 Å². The number of thiophene rings is 1. The highest BCUT2D eigenvalue weighted by molar-refractivity contribution is 7.22. The number of H-pyrrole nitrogens is 2. The minimum atomic E-state index is -0.0492. The lowest BCUT2D eigenvalue weighted by atomic mass is 10.2. The third-order valence-electron chi connectivity index (χ3n) is 4.99. The summed E-state index contributed by atoms with van der Waals surface area (Å²) in [4.78, 5) is 23.6. The Bertz CT molecular complexity index is 930. The predicted octanol–water partition coefficient (Wildman–Crippen LogP) is 3.06. The first-order valence-electron chi connectivity index (χ1n) is 8.31. The van der Waals surface area contributed by atoms with E-state index in [1.165, 1.54) is 24.2 Å². The molecule has 4 heterocycles. The van der Waals surface area contributed by atoms with Crippen LogP contribution in [0.4, 0.5) is 0 Å². The molecule has 2 unspecified atom stereocenters.